The highest BCUT2D eigenvalue weighted by atomic mass is 16.5. The smallest absolute Gasteiger partial charge is 0.341 e. The molecule has 1 aliphatic carbocycles. The van der Waals surface area contributed by atoms with Crippen molar-refractivity contribution in [3.05, 3.63) is 23.8 Å². The summed E-state index contributed by atoms with van der Waals surface area (Å²) in [6.45, 7) is 6.69. The Balaban J connectivity index is 1.72. The maximum atomic E-state index is 12.7. The third-order valence-electron chi connectivity index (χ3n) is 5.24. The molecule has 1 aromatic rings. The van der Waals surface area contributed by atoms with E-state index in [1.807, 2.05) is 6.92 Å². The van der Waals surface area contributed by atoms with Gasteiger partial charge in [0.2, 0.25) is 0 Å². The van der Waals surface area contributed by atoms with Crippen molar-refractivity contribution < 1.29 is 28.9 Å². The number of hydrogen-bond acceptors (Lipinski definition) is 5. The van der Waals surface area contributed by atoms with Gasteiger partial charge in [-0.3, -0.25) is 4.79 Å². The number of amides is 1. The second-order valence-corrected chi connectivity index (χ2v) is 7.29. The molecule has 3 rings (SSSR count). The Morgan fingerprint density at radius 1 is 1.31 bits per heavy atom. The highest BCUT2D eigenvalue weighted by Crippen LogP contribution is 2.52. The molecule has 7 nitrogen and oxygen atoms in total. The Bertz CT molecular complexity index is 701. The van der Waals surface area contributed by atoms with Crippen LogP contribution >= 0.6 is 0 Å². The Morgan fingerprint density at radius 3 is 2.77 bits per heavy atom. The molecule has 2 aliphatic rings. The summed E-state index contributed by atoms with van der Waals surface area (Å²) in [5, 5.41) is 11.9. The van der Waals surface area contributed by atoms with Gasteiger partial charge in [0, 0.05) is 29.5 Å². The maximum Gasteiger partial charge on any atom is 0.341 e. The van der Waals surface area contributed by atoms with Gasteiger partial charge in [0.05, 0.1) is 12.7 Å². The lowest BCUT2D eigenvalue weighted by Crippen LogP contribution is -2.66. The fraction of sp³-hybridized carbons (Fsp3) is 0.579. The van der Waals surface area contributed by atoms with Gasteiger partial charge in [0.15, 0.2) is 18.1 Å². The third-order valence-corrected chi connectivity index (χ3v) is 5.24. The van der Waals surface area contributed by atoms with Crippen LogP contribution in [0.15, 0.2) is 18.2 Å². The van der Waals surface area contributed by atoms with E-state index in [1.165, 1.54) is 0 Å². The highest BCUT2D eigenvalue weighted by Gasteiger charge is 2.59. The van der Waals surface area contributed by atoms with E-state index in [0.717, 1.165) is 13.0 Å². The van der Waals surface area contributed by atoms with Gasteiger partial charge in [0.25, 0.3) is 5.91 Å². The number of benzene rings is 1. The molecular weight excluding hydrogens is 338 g/mol. The number of carbonyl (C=O) groups is 2. The average Bonchev–Trinajstić information content (AvgIpc) is 3.05. The quantitative estimate of drug-likeness (QED) is 0.770. The molecule has 1 saturated heterocycles. The number of fused-ring (bicyclic) bond motifs is 1. The number of carbonyl (C=O) groups excluding carboxylic acids is 1. The zero-order valence-corrected chi connectivity index (χ0v) is 15.3. The van der Waals surface area contributed by atoms with E-state index < -0.39 is 12.6 Å². The summed E-state index contributed by atoms with van der Waals surface area (Å²) in [6.07, 6.45) is 1.17. The molecule has 2 fully saturated rings. The summed E-state index contributed by atoms with van der Waals surface area (Å²) in [4.78, 5) is 23.4. The van der Waals surface area contributed by atoms with E-state index in [1.54, 1.807) is 18.2 Å². The lowest BCUT2D eigenvalue weighted by atomic mass is 9.57. The number of carboxylic acids is 1. The van der Waals surface area contributed by atoms with Crippen LogP contribution in [-0.2, 0) is 9.53 Å². The number of carboxylic acid groups (broad SMARTS) is 1. The van der Waals surface area contributed by atoms with Gasteiger partial charge < -0.3 is 24.6 Å². The molecule has 1 aromatic carbocycles. The summed E-state index contributed by atoms with van der Waals surface area (Å²) in [6, 6.07) is 4.84. The second kappa shape index (κ2) is 7.15. The molecule has 1 aliphatic heterocycles. The first-order valence-electron chi connectivity index (χ1n) is 8.88. The molecular formula is C19H25NO6. The minimum atomic E-state index is -1.07. The van der Waals surface area contributed by atoms with Crippen LogP contribution in [0, 0.1) is 11.3 Å². The van der Waals surface area contributed by atoms with E-state index in [4.69, 9.17) is 19.3 Å². The normalized spacial score (nSPS) is 25.7. The predicted molar refractivity (Wildman–Crippen MR) is 93.6 cm³/mol. The SMILES string of the molecule is CCOc1cc(C(=O)N[C@@H]2[C@@H]3CCO[C@H]3C2(C)C)ccc1OCC(=O)O. The fourth-order valence-electron chi connectivity index (χ4n) is 4.02. The molecule has 1 heterocycles. The van der Waals surface area contributed by atoms with Crippen LogP contribution in [0.4, 0.5) is 0 Å². The molecule has 26 heavy (non-hydrogen) atoms. The van der Waals surface area contributed by atoms with E-state index in [9.17, 15) is 9.59 Å². The number of nitrogens with one attached hydrogen (secondary N) is 1. The van der Waals surface area contributed by atoms with Crippen molar-refractivity contribution in [1.29, 1.82) is 0 Å². The van der Waals surface area contributed by atoms with Gasteiger partial charge in [-0.1, -0.05) is 13.8 Å². The number of hydrogen-bond donors (Lipinski definition) is 2. The molecule has 3 atom stereocenters. The highest BCUT2D eigenvalue weighted by molar-refractivity contribution is 5.95. The van der Waals surface area contributed by atoms with E-state index in [-0.39, 0.29) is 23.5 Å². The van der Waals surface area contributed by atoms with E-state index in [0.29, 0.717) is 29.6 Å². The lowest BCUT2D eigenvalue weighted by molar-refractivity contribution is -0.139. The van der Waals surface area contributed by atoms with Crippen molar-refractivity contribution in [3.63, 3.8) is 0 Å². The minimum absolute atomic E-state index is 0.0704. The summed E-state index contributed by atoms with van der Waals surface area (Å²) in [5.74, 6) is -0.233. The van der Waals surface area contributed by atoms with Gasteiger partial charge in [-0.25, -0.2) is 4.79 Å². The number of rotatable bonds is 7. The van der Waals surface area contributed by atoms with Crippen LogP contribution in [0.1, 0.15) is 37.6 Å². The van der Waals surface area contributed by atoms with Crippen LogP contribution < -0.4 is 14.8 Å². The van der Waals surface area contributed by atoms with Gasteiger partial charge in [-0.15, -0.1) is 0 Å². The molecule has 0 bridgehead atoms. The summed E-state index contributed by atoms with van der Waals surface area (Å²) >= 11 is 0. The maximum absolute atomic E-state index is 12.7. The van der Waals surface area contributed by atoms with Gasteiger partial charge >= 0.3 is 5.97 Å². The minimum Gasteiger partial charge on any atom is -0.490 e. The zero-order valence-electron chi connectivity index (χ0n) is 15.3. The summed E-state index contributed by atoms with van der Waals surface area (Å²) in [7, 11) is 0. The summed E-state index contributed by atoms with van der Waals surface area (Å²) < 4.78 is 16.5. The number of aliphatic carboxylic acids is 1. The zero-order chi connectivity index (χ0) is 18.9. The first-order chi connectivity index (χ1) is 12.3. The van der Waals surface area contributed by atoms with Crippen molar-refractivity contribution in [2.45, 2.75) is 39.3 Å². The van der Waals surface area contributed by atoms with Gasteiger partial charge in [0.1, 0.15) is 0 Å². The second-order valence-electron chi connectivity index (χ2n) is 7.29. The molecule has 1 amide bonds. The molecule has 142 valence electrons. The average molecular weight is 363 g/mol. The predicted octanol–water partition coefficient (Wildman–Crippen LogP) is 2.09. The van der Waals surface area contributed by atoms with Crippen molar-refractivity contribution in [3.8, 4) is 11.5 Å². The fourth-order valence-corrected chi connectivity index (χ4v) is 4.02. The molecule has 0 unspecified atom stereocenters. The largest absolute Gasteiger partial charge is 0.490 e. The Morgan fingerprint density at radius 2 is 2.08 bits per heavy atom. The standard InChI is InChI=1S/C19H25NO6/c1-4-24-14-9-11(5-6-13(14)26-10-15(21)22)18(23)20-16-12-7-8-25-17(12)19(16,2)3/h5-6,9,12,16-17H,4,7-8,10H2,1-3H3,(H,20,23)(H,21,22)/t12-,16+,17+/m0/s1. The Labute approximate surface area is 152 Å². The topological polar surface area (TPSA) is 94.1 Å². The molecule has 0 aromatic heterocycles. The van der Waals surface area contributed by atoms with Crippen molar-refractivity contribution in [1.82, 2.24) is 5.32 Å². The molecule has 0 spiro atoms. The van der Waals surface area contributed by atoms with Gasteiger partial charge in [-0.2, -0.15) is 0 Å². The Hall–Kier alpha value is -2.28. The molecule has 0 radical (unpaired) electrons. The molecule has 7 heteroatoms. The van der Waals surface area contributed by atoms with Crippen LogP contribution in [-0.4, -0.2) is 48.9 Å². The monoisotopic (exact) mass is 363 g/mol. The first-order valence-corrected chi connectivity index (χ1v) is 8.88. The van der Waals surface area contributed by atoms with Crippen LogP contribution in [0.3, 0.4) is 0 Å². The number of ether oxygens (including phenoxy) is 3. The van der Waals surface area contributed by atoms with Crippen LogP contribution in [0.2, 0.25) is 0 Å². The third kappa shape index (κ3) is 3.35. The van der Waals surface area contributed by atoms with Crippen LogP contribution in [0.5, 0.6) is 11.5 Å². The van der Waals surface area contributed by atoms with E-state index >= 15 is 0 Å². The molecule has 2 N–H and O–H groups in total. The van der Waals surface area contributed by atoms with Gasteiger partial charge in [-0.05, 0) is 31.5 Å². The van der Waals surface area contributed by atoms with Crippen molar-refractivity contribution >= 4 is 11.9 Å². The summed E-state index contributed by atoms with van der Waals surface area (Å²) in [5.41, 5.74) is 0.360. The molecule has 1 saturated carbocycles. The van der Waals surface area contributed by atoms with Crippen molar-refractivity contribution in [2.24, 2.45) is 11.3 Å². The van der Waals surface area contributed by atoms with Crippen LogP contribution in [0.25, 0.3) is 0 Å². The Kier molecular flexibility index (Phi) is 5.09. The lowest BCUT2D eigenvalue weighted by Gasteiger charge is -2.54. The van der Waals surface area contributed by atoms with E-state index in [2.05, 4.69) is 19.2 Å². The first kappa shape index (κ1) is 18.5. The van der Waals surface area contributed by atoms with Crippen molar-refractivity contribution in [2.75, 3.05) is 19.8 Å².